The average Bonchev–Trinajstić information content (AvgIpc) is 2.97. The molecule has 0 fully saturated rings. The van der Waals surface area contributed by atoms with E-state index in [0.29, 0.717) is 5.95 Å². The summed E-state index contributed by atoms with van der Waals surface area (Å²) in [5.41, 5.74) is 1.91. The van der Waals surface area contributed by atoms with Gasteiger partial charge >= 0.3 is 0 Å². The topological polar surface area (TPSA) is 41.1 Å². The smallest absolute Gasteiger partial charge is 0.227 e. The van der Waals surface area contributed by atoms with Crippen molar-refractivity contribution in [2.75, 3.05) is 19.4 Å². The third kappa shape index (κ3) is 3.46. The van der Waals surface area contributed by atoms with Crippen molar-refractivity contribution in [1.82, 2.24) is 14.9 Å². The van der Waals surface area contributed by atoms with Crippen molar-refractivity contribution in [3.63, 3.8) is 0 Å². The zero-order chi connectivity index (χ0) is 17.4. The Balaban J connectivity index is 1.77. The predicted octanol–water partition coefficient (Wildman–Crippen LogP) is 4.94. The van der Waals surface area contributed by atoms with Crippen LogP contribution in [0.1, 0.15) is 4.88 Å². The van der Waals surface area contributed by atoms with Gasteiger partial charge in [-0.1, -0.05) is 6.07 Å². The number of anilines is 2. The molecular formula is C19H18N4S2. The van der Waals surface area contributed by atoms with Gasteiger partial charge in [0.15, 0.2) is 0 Å². The maximum Gasteiger partial charge on any atom is 0.227 e. The molecule has 0 saturated heterocycles. The highest BCUT2D eigenvalue weighted by Crippen LogP contribution is 2.32. The fourth-order valence-electron chi connectivity index (χ4n) is 2.82. The van der Waals surface area contributed by atoms with Gasteiger partial charge in [0.2, 0.25) is 5.95 Å². The van der Waals surface area contributed by atoms with E-state index in [9.17, 15) is 0 Å². The minimum atomic E-state index is 0.597. The van der Waals surface area contributed by atoms with Crippen molar-refractivity contribution in [2.24, 2.45) is 0 Å². The molecule has 0 bridgehead atoms. The molecule has 4 nitrogen and oxygen atoms in total. The quantitative estimate of drug-likeness (QED) is 0.502. The van der Waals surface area contributed by atoms with Crippen molar-refractivity contribution < 1.29 is 0 Å². The predicted molar refractivity (Wildman–Crippen MR) is 109 cm³/mol. The summed E-state index contributed by atoms with van der Waals surface area (Å²) in [6.45, 7) is 0.936. The van der Waals surface area contributed by atoms with Crippen molar-refractivity contribution in [3.05, 3.63) is 53.5 Å². The molecule has 4 aromatic rings. The third-order valence-corrected chi connectivity index (χ3v) is 5.24. The van der Waals surface area contributed by atoms with Crippen LogP contribution in [-0.2, 0) is 6.54 Å². The first-order valence-electron chi connectivity index (χ1n) is 7.97. The Hall–Kier alpha value is -2.15. The van der Waals surface area contributed by atoms with Gasteiger partial charge in [-0.3, -0.25) is 0 Å². The van der Waals surface area contributed by atoms with E-state index in [1.165, 1.54) is 15.0 Å². The normalized spacial score (nSPS) is 11.5. The second-order valence-corrected chi connectivity index (χ2v) is 7.92. The number of fused-ring (bicyclic) bond motifs is 3. The lowest BCUT2D eigenvalue weighted by Crippen LogP contribution is -2.09. The van der Waals surface area contributed by atoms with E-state index < -0.39 is 0 Å². The lowest BCUT2D eigenvalue weighted by atomic mass is 10.2. The van der Waals surface area contributed by atoms with Crippen LogP contribution in [0.4, 0.5) is 11.6 Å². The second-order valence-electron chi connectivity index (χ2n) is 6.23. The van der Waals surface area contributed by atoms with Crippen molar-refractivity contribution in [1.29, 1.82) is 0 Å². The Kier molecular flexibility index (Phi) is 4.33. The Morgan fingerprint density at radius 2 is 2.04 bits per heavy atom. The van der Waals surface area contributed by atoms with Crippen LogP contribution in [0.5, 0.6) is 0 Å². The standard InChI is InChI=1S/C19H18N4S2/c1-23(2)11-15-9-16-17(25-15)7-6-12-10-20-19(22-18(12)16)21-13-4-3-5-14(24)8-13/h3-10,24H,11H2,1-2H3,(H,20,21,22). The highest BCUT2D eigenvalue weighted by molar-refractivity contribution is 7.80. The maximum absolute atomic E-state index is 4.77. The Bertz CT molecular complexity index is 1060. The van der Waals surface area contributed by atoms with Crippen LogP contribution < -0.4 is 5.32 Å². The molecule has 2 heterocycles. The second kappa shape index (κ2) is 6.63. The monoisotopic (exact) mass is 366 g/mol. The minimum absolute atomic E-state index is 0.597. The molecule has 0 saturated carbocycles. The van der Waals surface area contributed by atoms with Crippen molar-refractivity contribution in [3.8, 4) is 0 Å². The molecule has 4 rings (SSSR count). The van der Waals surface area contributed by atoms with Crippen LogP contribution in [0, 0.1) is 0 Å². The number of hydrogen-bond donors (Lipinski definition) is 2. The molecule has 0 aliphatic rings. The highest BCUT2D eigenvalue weighted by Gasteiger charge is 2.09. The van der Waals surface area contributed by atoms with Gasteiger partial charge in [0.1, 0.15) is 0 Å². The fraction of sp³-hybridized carbons (Fsp3) is 0.158. The van der Waals surface area contributed by atoms with Gasteiger partial charge in [-0.2, -0.15) is 0 Å². The Morgan fingerprint density at radius 1 is 1.16 bits per heavy atom. The summed E-state index contributed by atoms with van der Waals surface area (Å²) in [5, 5.41) is 5.50. The highest BCUT2D eigenvalue weighted by atomic mass is 32.1. The minimum Gasteiger partial charge on any atom is -0.324 e. The number of thiophene rings is 1. The fourth-order valence-corrected chi connectivity index (χ4v) is 4.23. The number of benzene rings is 2. The zero-order valence-corrected chi connectivity index (χ0v) is 15.7. The maximum atomic E-state index is 4.77. The average molecular weight is 367 g/mol. The number of hydrogen-bond acceptors (Lipinski definition) is 6. The van der Waals surface area contributed by atoms with Crippen LogP contribution in [0.15, 0.2) is 53.6 Å². The molecular weight excluding hydrogens is 348 g/mol. The molecule has 2 aromatic carbocycles. The number of aromatic nitrogens is 2. The molecule has 0 aliphatic carbocycles. The summed E-state index contributed by atoms with van der Waals surface area (Å²) in [7, 11) is 4.17. The largest absolute Gasteiger partial charge is 0.324 e. The molecule has 0 atom stereocenters. The van der Waals surface area contributed by atoms with Gasteiger partial charge < -0.3 is 10.2 Å². The molecule has 6 heteroatoms. The Morgan fingerprint density at radius 3 is 2.84 bits per heavy atom. The summed E-state index contributed by atoms with van der Waals surface area (Å²) in [6.07, 6.45) is 1.87. The van der Waals surface area contributed by atoms with Gasteiger partial charge in [0.05, 0.1) is 5.52 Å². The van der Waals surface area contributed by atoms with E-state index in [4.69, 9.17) is 4.98 Å². The van der Waals surface area contributed by atoms with E-state index in [1.807, 2.05) is 41.8 Å². The first-order valence-corrected chi connectivity index (χ1v) is 9.24. The third-order valence-electron chi connectivity index (χ3n) is 3.87. The van der Waals surface area contributed by atoms with Crippen molar-refractivity contribution in [2.45, 2.75) is 11.4 Å². The SMILES string of the molecule is CN(C)Cc1cc2c(ccc3cnc(Nc4cccc(S)c4)nc32)s1. The lowest BCUT2D eigenvalue weighted by molar-refractivity contribution is 0.406. The first kappa shape index (κ1) is 16.3. The molecule has 0 spiro atoms. The summed E-state index contributed by atoms with van der Waals surface area (Å²) in [6, 6.07) is 14.3. The molecule has 0 unspecified atom stereocenters. The first-order chi connectivity index (χ1) is 12.1. The van der Waals surface area contributed by atoms with Crippen molar-refractivity contribution >= 4 is 56.6 Å². The van der Waals surface area contributed by atoms with Gasteiger partial charge in [0, 0.05) is 43.7 Å². The van der Waals surface area contributed by atoms with Gasteiger partial charge in [-0.15, -0.1) is 24.0 Å². The molecule has 0 aliphatic heterocycles. The molecule has 2 aromatic heterocycles. The number of nitrogens with zero attached hydrogens (tertiary/aromatic N) is 3. The molecule has 0 amide bonds. The summed E-state index contributed by atoms with van der Waals surface area (Å²) in [4.78, 5) is 13.6. The summed E-state index contributed by atoms with van der Waals surface area (Å²) >= 11 is 6.19. The van der Waals surface area contributed by atoms with Gasteiger partial charge in [0.25, 0.3) is 0 Å². The van der Waals surface area contributed by atoms with Crippen LogP contribution in [-0.4, -0.2) is 29.0 Å². The van der Waals surface area contributed by atoms with E-state index in [2.05, 4.69) is 60.1 Å². The number of rotatable bonds is 4. The summed E-state index contributed by atoms with van der Waals surface area (Å²) in [5.74, 6) is 0.597. The lowest BCUT2D eigenvalue weighted by Gasteiger charge is -2.07. The van der Waals surface area contributed by atoms with E-state index in [-0.39, 0.29) is 0 Å². The Labute approximate surface area is 155 Å². The van der Waals surface area contributed by atoms with Crippen LogP contribution in [0.2, 0.25) is 0 Å². The molecule has 126 valence electrons. The molecule has 25 heavy (non-hydrogen) atoms. The summed E-state index contributed by atoms with van der Waals surface area (Å²) < 4.78 is 1.26. The van der Waals surface area contributed by atoms with Gasteiger partial charge in [-0.25, -0.2) is 9.97 Å². The van der Waals surface area contributed by atoms with Gasteiger partial charge in [-0.05, 0) is 50.5 Å². The van der Waals surface area contributed by atoms with E-state index >= 15 is 0 Å². The molecule has 0 radical (unpaired) electrons. The van der Waals surface area contributed by atoms with Crippen LogP contribution in [0.25, 0.3) is 21.0 Å². The van der Waals surface area contributed by atoms with E-state index in [1.54, 1.807) is 0 Å². The van der Waals surface area contributed by atoms with Crippen LogP contribution in [0.3, 0.4) is 0 Å². The van der Waals surface area contributed by atoms with Crippen LogP contribution >= 0.6 is 24.0 Å². The number of nitrogens with one attached hydrogen (secondary N) is 1. The zero-order valence-electron chi connectivity index (χ0n) is 14.0. The number of thiol groups is 1. The van der Waals surface area contributed by atoms with E-state index in [0.717, 1.165) is 28.0 Å². The molecule has 1 N–H and O–H groups in total.